The van der Waals surface area contributed by atoms with Gasteiger partial charge in [0, 0.05) is 29.2 Å². The summed E-state index contributed by atoms with van der Waals surface area (Å²) in [7, 11) is 0. The van der Waals surface area contributed by atoms with Gasteiger partial charge in [-0.1, -0.05) is 6.92 Å². The van der Waals surface area contributed by atoms with Gasteiger partial charge in [-0.15, -0.1) is 0 Å². The first-order valence-corrected chi connectivity index (χ1v) is 11.2. The van der Waals surface area contributed by atoms with Gasteiger partial charge in [-0.3, -0.25) is 0 Å². The SMILES string of the molecule is CCCOc1ccc(Nc2oc(C=C3C=Nc4ncccc43)c(O)c2C(=O)OC(C)C)c(C)c1. The second-order valence-electron chi connectivity index (χ2n) is 8.16. The van der Waals surface area contributed by atoms with Gasteiger partial charge in [0.2, 0.25) is 5.88 Å². The molecular formula is C26H27N3O5. The predicted molar refractivity (Wildman–Crippen MR) is 131 cm³/mol. The number of furan rings is 1. The van der Waals surface area contributed by atoms with Gasteiger partial charge in [0.1, 0.15) is 5.75 Å². The number of hydrogen-bond donors (Lipinski definition) is 2. The number of benzene rings is 1. The molecule has 0 fully saturated rings. The molecule has 3 aromatic rings. The molecule has 34 heavy (non-hydrogen) atoms. The molecule has 4 rings (SSSR count). The first-order chi connectivity index (χ1) is 16.4. The van der Waals surface area contributed by atoms with E-state index in [-0.39, 0.29) is 29.1 Å². The van der Waals surface area contributed by atoms with Crippen molar-refractivity contribution in [2.24, 2.45) is 4.99 Å². The number of ether oxygens (including phenoxy) is 2. The number of aromatic hydroxyl groups is 1. The van der Waals surface area contributed by atoms with Gasteiger partial charge in [-0.25, -0.2) is 14.8 Å². The van der Waals surface area contributed by atoms with E-state index in [0.29, 0.717) is 23.7 Å². The van der Waals surface area contributed by atoms with Gasteiger partial charge in [0.05, 0.1) is 12.7 Å². The molecular weight excluding hydrogens is 434 g/mol. The highest BCUT2D eigenvalue weighted by atomic mass is 16.5. The molecule has 0 bridgehead atoms. The largest absolute Gasteiger partial charge is 0.504 e. The molecule has 2 N–H and O–H groups in total. The van der Waals surface area contributed by atoms with Crippen molar-refractivity contribution < 1.29 is 23.8 Å². The number of rotatable bonds is 8. The number of anilines is 2. The molecule has 1 aliphatic heterocycles. The second-order valence-corrected chi connectivity index (χ2v) is 8.16. The van der Waals surface area contributed by atoms with Gasteiger partial charge in [-0.2, -0.15) is 0 Å². The highest BCUT2D eigenvalue weighted by Crippen LogP contribution is 2.40. The number of nitrogens with one attached hydrogen (secondary N) is 1. The first kappa shape index (κ1) is 23.1. The average Bonchev–Trinajstić information content (AvgIpc) is 3.34. The normalized spacial score (nSPS) is 13.4. The third kappa shape index (κ3) is 4.80. The summed E-state index contributed by atoms with van der Waals surface area (Å²) in [6.45, 7) is 8.07. The number of aromatic nitrogens is 1. The number of nitrogens with zero attached hydrogens (tertiary/aromatic N) is 2. The second kappa shape index (κ2) is 9.82. The van der Waals surface area contributed by atoms with E-state index in [1.54, 1.807) is 38.4 Å². The Kier molecular flexibility index (Phi) is 6.67. The zero-order valence-corrected chi connectivity index (χ0v) is 19.6. The summed E-state index contributed by atoms with van der Waals surface area (Å²) in [5, 5.41) is 14.1. The molecule has 0 aliphatic carbocycles. The van der Waals surface area contributed by atoms with Crippen molar-refractivity contribution in [3.05, 3.63) is 59.0 Å². The lowest BCUT2D eigenvalue weighted by Crippen LogP contribution is -2.12. The van der Waals surface area contributed by atoms with Crippen LogP contribution in [0.2, 0.25) is 0 Å². The van der Waals surface area contributed by atoms with E-state index < -0.39 is 5.97 Å². The fourth-order valence-corrected chi connectivity index (χ4v) is 3.48. The third-order valence-corrected chi connectivity index (χ3v) is 5.09. The fraction of sp³-hybridized carbons (Fsp3) is 0.269. The van der Waals surface area contributed by atoms with E-state index in [1.165, 1.54) is 0 Å². The van der Waals surface area contributed by atoms with Gasteiger partial charge in [-0.05, 0) is 69.2 Å². The van der Waals surface area contributed by atoms with E-state index in [4.69, 9.17) is 13.9 Å². The molecule has 0 saturated carbocycles. The molecule has 1 aromatic carbocycles. The molecule has 1 aliphatic rings. The maximum Gasteiger partial charge on any atom is 0.347 e. The Hall–Kier alpha value is -4.07. The average molecular weight is 462 g/mol. The van der Waals surface area contributed by atoms with E-state index in [2.05, 4.69) is 15.3 Å². The standard InChI is InChI=1S/C26H27N3O5/c1-5-11-32-18-8-9-20(16(4)12-18)29-25-22(26(31)33-15(2)3)23(30)21(34-25)13-17-14-28-24-19(17)7-6-10-27-24/h6-10,12-15,29-30H,5,11H2,1-4H3. The Morgan fingerprint density at radius 1 is 1.29 bits per heavy atom. The van der Waals surface area contributed by atoms with Crippen LogP contribution < -0.4 is 10.1 Å². The number of hydrogen-bond acceptors (Lipinski definition) is 8. The van der Waals surface area contributed by atoms with E-state index in [9.17, 15) is 9.90 Å². The van der Waals surface area contributed by atoms with E-state index >= 15 is 0 Å². The van der Waals surface area contributed by atoms with E-state index in [1.807, 2.05) is 38.1 Å². The van der Waals surface area contributed by atoms with E-state index in [0.717, 1.165) is 23.3 Å². The molecule has 0 spiro atoms. The molecule has 0 atom stereocenters. The number of esters is 1. The van der Waals surface area contributed by atoms with Crippen LogP contribution in [0.4, 0.5) is 17.4 Å². The van der Waals surface area contributed by atoms with Crippen molar-refractivity contribution in [2.75, 3.05) is 11.9 Å². The Morgan fingerprint density at radius 3 is 2.85 bits per heavy atom. The summed E-state index contributed by atoms with van der Waals surface area (Å²) >= 11 is 0. The number of allylic oxidation sites excluding steroid dienone is 1. The summed E-state index contributed by atoms with van der Waals surface area (Å²) in [5.41, 5.74) is 3.02. The van der Waals surface area contributed by atoms with Crippen molar-refractivity contribution in [1.82, 2.24) is 4.98 Å². The van der Waals surface area contributed by atoms with Crippen LogP contribution >= 0.6 is 0 Å². The number of fused-ring (bicyclic) bond motifs is 1. The number of aryl methyl sites for hydroxylation is 1. The lowest BCUT2D eigenvalue weighted by molar-refractivity contribution is 0.0376. The molecule has 0 radical (unpaired) electrons. The monoisotopic (exact) mass is 461 g/mol. The summed E-state index contributed by atoms with van der Waals surface area (Å²) < 4.78 is 17.0. The van der Waals surface area contributed by atoms with Crippen LogP contribution in [-0.4, -0.2) is 35.0 Å². The topological polar surface area (TPSA) is 106 Å². The highest BCUT2D eigenvalue weighted by Gasteiger charge is 2.28. The van der Waals surface area contributed by atoms with Crippen molar-refractivity contribution in [3.63, 3.8) is 0 Å². The van der Waals surface area contributed by atoms with Gasteiger partial charge >= 0.3 is 5.97 Å². The van der Waals surface area contributed by atoms with Crippen molar-refractivity contribution >= 4 is 41.2 Å². The molecule has 0 unspecified atom stereocenters. The quantitative estimate of drug-likeness (QED) is 0.394. The molecule has 3 heterocycles. The smallest absolute Gasteiger partial charge is 0.347 e. The van der Waals surface area contributed by atoms with Crippen LogP contribution in [0.15, 0.2) is 45.9 Å². The number of aliphatic imine (C=N–C) groups is 1. The number of carbonyl (C=O) groups excluding carboxylic acids is 1. The van der Waals surface area contributed by atoms with Crippen molar-refractivity contribution in [2.45, 2.75) is 40.2 Å². The number of pyridine rings is 1. The number of carbonyl (C=O) groups is 1. The van der Waals surface area contributed by atoms with Crippen LogP contribution in [0.25, 0.3) is 11.6 Å². The van der Waals surface area contributed by atoms with Crippen LogP contribution in [0.5, 0.6) is 11.5 Å². The third-order valence-electron chi connectivity index (χ3n) is 5.09. The summed E-state index contributed by atoms with van der Waals surface area (Å²) in [6.07, 6.45) is 5.46. The Balaban J connectivity index is 1.71. The van der Waals surface area contributed by atoms with Crippen molar-refractivity contribution in [3.8, 4) is 11.5 Å². The molecule has 0 saturated heterocycles. The Bertz CT molecular complexity index is 1270. The van der Waals surface area contributed by atoms with Crippen LogP contribution in [0, 0.1) is 6.92 Å². The summed E-state index contributed by atoms with van der Waals surface area (Å²) in [4.78, 5) is 21.3. The Morgan fingerprint density at radius 2 is 2.12 bits per heavy atom. The van der Waals surface area contributed by atoms with Crippen LogP contribution in [0.3, 0.4) is 0 Å². The molecule has 0 amide bonds. The van der Waals surface area contributed by atoms with Gasteiger partial charge in [0.25, 0.3) is 0 Å². The van der Waals surface area contributed by atoms with Crippen molar-refractivity contribution in [1.29, 1.82) is 0 Å². The lowest BCUT2D eigenvalue weighted by atomic mass is 10.1. The minimum Gasteiger partial charge on any atom is -0.504 e. The molecule has 176 valence electrons. The predicted octanol–water partition coefficient (Wildman–Crippen LogP) is 6.04. The first-order valence-electron chi connectivity index (χ1n) is 11.2. The zero-order valence-electron chi connectivity index (χ0n) is 19.6. The molecule has 8 heteroatoms. The fourth-order valence-electron chi connectivity index (χ4n) is 3.48. The van der Waals surface area contributed by atoms with Gasteiger partial charge < -0.3 is 24.3 Å². The van der Waals surface area contributed by atoms with Gasteiger partial charge in [0.15, 0.2) is 22.9 Å². The lowest BCUT2D eigenvalue weighted by Gasteiger charge is -2.12. The van der Waals surface area contributed by atoms with Crippen LogP contribution in [-0.2, 0) is 4.74 Å². The summed E-state index contributed by atoms with van der Waals surface area (Å²) in [5.74, 6) is 0.528. The highest BCUT2D eigenvalue weighted by molar-refractivity contribution is 6.21. The molecule has 2 aromatic heterocycles. The molecule has 8 nitrogen and oxygen atoms in total. The maximum absolute atomic E-state index is 12.8. The Labute approximate surface area is 198 Å². The zero-order chi connectivity index (χ0) is 24.2. The minimum atomic E-state index is -0.689. The van der Waals surface area contributed by atoms with Crippen LogP contribution in [0.1, 0.15) is 54.4 Å². The maximum atomic E-state index is 12.8. The minimum absolute atomic E-state index is 0.0763. The summed E-state index contributed by atoms with van der Waals surface area (Å²) in [6, 6.07) is 9.25.